The molecule has 0 bridgehead atoms. The normalized spacial score (nSPS) is 9.62. The molecule has 8 heteroatoms. The summed E-state index contributed by atoms with van der Waals surface area (Å²) in [7, 11) is 0. The van der Waals surface area contributed by atoms with Gasteiger partial charge in [-0.2, -0.15) is 0 Å². The fourth-order valence-corrected chi connectivity index (χ4v) is 2.08. The van der Waals surface area contributed by atoms with Crippen LogP contribution < -0.4 is 0 Å². The number of aromatic hydroxyl groups is 2. The highest BCUT2D eigenvalue weighted by Crippen LogP contribution is 2.23. The number of phenols is 2. The summed E-state index contributed by atoms with van der Waals surface area (Å²) in [6.45, 7) is 3.07. The molecule has 0 saturated carbocycles. The van der Waals surface area contributed by atoms with E-state index in [1.807, 2.05) is 0 Å². The van der Waals surface area contributed by atoms with Crippen LogP contribution in [0.5, 0.6) is 11.5 Å². The lowest BCUT2D eigenvalue weighted by Crippen LogP contribution is -1.99. The predicted molar refractivity (Wildman–Crippen MR) is 90.4 cm³/mol. The van der Waals surface area contributed by atoms with Crippen LogP contribution in [-0.4, -0.2) is 44.9 Å². The summed E-state index contributed by atoms with van der Waals surface area (Å²) in [5.74, 6) is -3.08. The van der Waals surface area contributed by atoms with Gasteiger partial charge in [0.15, 0.2) is 0 Å². The Morgan fingerprint density at radius 2 is 1.04 bits per heavy atom. The van der Waals surface area contributed by atoms with Crippen LogP contribution in [0, 0.1) is 13.8 Å². The molecule has 0 unspecified atom stereocenters. The van der Waals surface area contributed by atoms with E-state index in [0.29, 0.717) is 23.7 Å². The van der Waals surface area contributed by atoms with Gasteiger partial charge in [-0.25, -0.2) is 9.59 Å². The highest BCUT2D eigenvalue weighted by atomic mass is 16.4. The van der Waals surface area contributed by atoms with E-state index in [1.54, 1.807) is 0 Å². The molecule has 0 fully saturated rings. The monoisotopic (exact) mass is 360 g/mol. The van der Waals surface area contributed by atoms with Gasteiger partial charge in [0, 0.05) is 11.1 Å². The zero-order valence-electron chi connectivity index (χ0n) is 13.9. The summed E-state index contributed by atoms with van der Waals surface area (Å²) in [5, 5.41) is 35.9. The van der Waals surface area contributed by atoms with Gasteiger partial charge < -0.3 is 20.4 Å². The molecule has 0 spiro atoms. The number of carbonyl (C=O) groups excluding carboxylic acids is 2. The molecule has 0 heterocycles. The van der Waals surface area contributed by atoms with Crippen LogP contribution >= 0.6 is 0 Å². The largest absolute Gasteiger partial charge is 0.507 e. The first-order chi connectivity index (χ1) is 12.1. The van der Waals surface area contributed by atoms with Crippen LogP contribution in [0.15, 0.2) is 24.3 Å². The minimum Gasteiger partial charge on any atom is -0.507 e. The van der Waals surface area contributed by atoms with Crippen molar-refractivity contribution in [1.82, 2.24) is 0 Å². The number of carboxylic acid groups (broad SMARTS) is 2. The van der Waals surface area contributed by atoms with Crippen molar-refractivity contribution >= 4 is 24.5 Å². The third kappa shape index (κ3) is 4.67. The lowest BCUT2D eigenvalue weighted by Gasteiger charge is -2.03. The smallest absolute Gasteiger partial charge is 0.339 e. The number of aromatic carboxylic acids is 2. The molecule has 136 valence electrons. The molecule has 0 saturated heterocycles. The second-order valence-electron chi connectivity index (χ2n) is 5.31. The topological polar surface area (TPSA) is 149 Å². The zero-order chi connectivity index (χ0) is 20.0. The van der Waals surface area contributed by atoms with Crippen LogP contribution in [0.4, 0.5) is 0 Å². The van der Waals surface area contributed by atoms with Crippen molar-refractivity contribution in [2.75, 3.05) is 0 Å². The number of hydrogen-bond donors (Lipinski definition) is 4. The standard InChI is InChI=1S/2C9H8O4/c2*1-5-2-6(4-10)3-7(8(5)11)9(12)13/h2*2-4,11H,1H3,(H,12,13). The first-order valence-corrected chi connectivity index (χ1v) is 7.16. The van der Waals surface area contributed by atoms with Crippen molar-refractivity contribution in [1.29, 1.82) is 0 Å². The summed E-state index contributed by atoms with van der Waals surface area (Å²) < 4.78 is 0. The summed E-state index contributed by atoms with van der Waals surface area (Å²) in [4.78, 5) is 41.9. The van der Waals surface area contributed by atoms with Gasteiger partial charge in [-0.05, 0) is 49.2 Å². The number of carboxylic acids is 2. The average Bonchev–Trinajstić information content (AvgIpc) is 2.59. The van der Waals surface area contributed by atoms with Gasteiger partial charge >= 0.3 is 11.9 Å². The second-order valence-corrected chi connectivity index (χ2v) is 5.31. The number of hydrogen-bond acceptors (Lipinski definition) is 6. The van der Waals surface area contributed by atoms with E-state index in [4.69, 9.17) is 10.2 Å². The Hall–Kier alpha value is -3.68. The van der Waals surface area contributed by atoms with E-state index in [2.05, 4.69) is 0 Å². The van der Waals surface area contributed by atoms with Gasteiger partial charge in [-0.1, -0.05) is 0 Å². The fourth-order valence-electron chi connectivity index (χ4n) is 2.08. The van der Waals surface area contributed by atoms with Gasteiger partial charge in [0.25, 0.3) is 0 Å². The SMILES string of the molecule is Cc1cc(C=O)cc(C(=O)O)c1O.Cc1cc(C=O)cc(C(=O)O)c1O. The fraction of sp³-hybridized carbons (Fsp3) is 0.111. The zero-order valence-corrected chi connectivity index (χ0v) is 13.9. The summed E-state index contributed by atoms with van der Waals surface area (Å²) in [5.41, 5.74) is 0.744. The molecule has 0 radical (unpaired) electrons. The molecule has 0 amide bonds. The Morgan fingerprint density at radius 3 is 1.27 bits per heavy atom. The molecule has 0 aliphatic carbocycles. The first kappa shape index (κ1) is 20.4. The van der Waals surface area contributed by atoms with E-state index < -0.39 is 11.9 Å². The number of aryl methyl sites for hydroxylation is 2. The third-order valence-electron chi connectivity index (χ3n) is 3.38. The molecule has 2 aromatic rings. The molecular weight excluding hydrogens is 344 g/mol. The lowest BCUT2D eigenvalue weighted by molar-refractivity contribution is 0.0682. The van der Waals surface area contributed by atoms with Gasteiger partial charge in [0.1, 0.15) is 35.2 Å². The van der Waals surface area contributed by atoms with Crippen molar-refractivity contribution in [3.05, 3.63) is 57.6 Å². The summed E-state index contributed by atoms with van der Waals surface area (Å²) in [6.07, 6.45) is 1.08. The van der Waals surface area contributed by atoms with Crippen molar-refractivity contribution < 1.29 is 39.6 Å². The Labute approximate surface area is 148 Å². The molecule has 0 atom stereocenters. The van der Waals surface area contributed by atoms with Gasteiger partial charge in [-0.3, -0.25) is 9.59 Å². The van der Waals surface area contributed by atoms with Crippen LogP contribution in [0.1, 0.15) is 52.6 Å². The Kier molecular flexibility index (Phi) is 6.60. The predicted octanol–water partition coefficient (Wildman–Crippen LogP) is 2.42. The molecule has 2 aromatic carbocycles. The minimum atomic E-state index is -1.25. The Morgan fingerprint density at radius 1 is 0.731 bits per heavy atom. The summed E-state index contributed by atoms with van der Waals surface area (Å²) in [6, 6.07) is 5.12. The number of aldehydes is 2. The third-order valence-corrected chi connectivity index (χ3v) is 3.38. The molecular formula is C18H16O8. The Balaban J connectivity index is 0.000000260. The average molecular weight is 360 g/mol. The van der Waals surface area contributed by atoms with Crippen LogP contribution in [0.3, 0.4) is 0 Å². The number of rotatable bonds is 4. The minimum absolute atomic E-state index is 0.243. The maximum Gasteiger partial charge on any atom is 0.339 e. The highest BCUT2D eigenvalue weighted by Gasteiger charge is 2.13. The maximum absolute atomic E-state index is 10.6. The van der Waals surface area contributed by atoms with Crippen molar-refractivity contribution in [2.45, 2.75) is 13.8 Å². The van der Waals surface area contributed by atoms with Crippen molar-refractivity contribution in [3.8, 4) is 11.5 Å². The van der Waals surface area contributed by atoms with Gasteiger partial charge in [-0.15, -0.1) is 0 Å². The Bertz CT molecular complexity index is 810. The molecule has 0 aliphatic rings. The quantitative estimate of drug-likeness (QED) is 0.607. The highest BCUT2D eigenvalue weighted by molar-refractivity contribution is 5.94. The molecule has 2 rings (SSSR count). The maximum atomic E-state index is 10.6. The van der Waals surface area contributed by atoms with Gasteiger partial charge in [0.05, 0.1) is 0 Å². The second kappa shape index (κ2) is 8.43. The molecule has 4 N–H and O–H groups in total. The van der Waals surface area contributed by atoms with E-state index in [9.17, 15) is 29.4 Å². The van der Waals surface area contributed by atoms with E-state index in [1.165, 1.54) is 26.0 Å². The molecule has 0 aliphatic heterocycles. The van der Waals surface area contributed by atoms with E-state index in [0.717, 1.165) is 12.1 Å². The van der Waals surface area contributed by atoms with Crippen molar-refractivity contribution in [2.24, 2.45) is 0 Å². The van der Waals surface area contributed by atoms with Crippen LogP contribution in [0.2, 0.25) is 0 Å². The lowest BCUT2D eigenvalue weighted by atomic mass is 10.1. The molecule has 26 heavy (non-hydrogen) atoms. The first-order valence-electron chi connectivity index (χ1n) is 7.16. The van der Waals surface area contributed by atoms with E-state index in [-0.39, 0.29) is 33.8 Å². The number of carbonyl (C=O) groups is 4. The number of benzene rings is 2. The van der Waals surface area contributed by atoms with Crippen molar-refractivity contribution in [3.63, 3.8) is 0 Å². The van der Waals surface area contributed by atoms with E-state index >= 15 is 0 Å². The molecule has 0 aromatic heterocycles. The van der Waals surface area contributed by atoms with Gasteiger partial charge in [0.2, 0.25) is 0 Å². The molecule has 8 nitrogen and oxygen atoms in total. The van der Waals surface area contributed by atoms with Crippen LogP contribution in [0.25, 0.3) is 0 Å². The van der Waals surface area contributed by atoms with Crippen LogP contribution in [-0.2, 0) is 0 Å². The summed E-state index contributed by atoms with van der Waals surface area (Å²) >= 11 is 0.